The van der Waals surface area contributed by atoms with Crippen LogP contribution in [-0.2, 0) is 29.0 Å². The number of hydrogen-bond donors (Lipinski definition) is 1. The minimum Gasteiger partial charge on any atom is -0.497 e. The van der Waals surface area contributed by atoms with Crippen LogP contribution in [0, 0.1) is 0 Å². The predicted molar refractivity (Wildman–Crippen MR) is 124 cm³/mol. The van der Waals surface area contributed by atoms with E-state index in [4.69, 9.17) is 4.74 Å². The summed E-state index contributed by atoms with van der Waals surface area (Å²) >= 11 is 1.35. The van der Waals surface area contributed by atoms with Crippen LogP contribution in [0.15, 0.2) is 53.7 Å². The molecule has 4 rings (SSSR count). The number of carbonyl (C=O) groups excluding carboxylic acids is 2. The zero-order chi connectivity index (χ0) is 22.5. The average molecular weight is 452 g/mol. The number of hydrogen-bond acceptors (Lipinski definition) is 6. The summed E-state index contributed by atoms with van der Waals surface area (Å²) in [6.45, 7) is 3.28. The number of carbonyl (C=O) groups is 2. The highest BCUT2D eigenvalue weighted by atomic mass is 32.2. The molecule has 0 aliphatic carbocycles. The zero-order valence-corrected chi connectivity index (χ0v) is 18.9. The first kappa shape index (κ1) is 21.9. The van der Waals surface area contributed by atoms with Crippen molar-refractivity contribution in [2.75, 3.05) is 29.6 Å². The van der Waals surface area contributed by atoms with Gasteiger partial charge in [-0.15, -0.1) is 10.2 Å². The lowest BCUT2D eigenvalue weighted by molar-refractivity contribution is -0.116. The van der Waals surface area contributed by atoms with Crippen molar-refractivity contribution in [1.82, 2.24) is 14.8 Å². The summed E-state index contributed by atoms with van der Waals surface area (Å²) < 4.78 is 7.06. The molecule has 9 heteroatoms. The van der Waals surface area contributed by atoms with Gasteiger partial charge in [-0.05, 0) is 37.1 Å². The Morgan fingerprint density at radius 1 is 1.16 bits per heavy atom. The maximum Gasteiger partial charge on any atom is 0.237 e. The second-order valence-electron chi connectivity index (χ2n) is 7.31. The Hall–Kier alpha value is -3.33. The number of benzene rings is 2. The molecule has 0 atom stereocenters. The Bertz CT molecular complexity index is 1130. The maximum atomic E-state index is 12.8. The molecule has 2 heterocycles. The van der Waals surface area contributed by atoms with Crippen LogP contribution in [0.5, 0.6) is 5.75 Å². The van der Waals surface area contributed by atoms with Gasteiger partial charge in [-0.25, -0.2) is 0 Å². The van der Waals surface area contributed by atoms with E-state index in [0.717, 1.165) is 12.1 Å². The van der Waals surface area contributed by atoms with E-state index in [0.29, 0.717) is 35.5 Å². The van der Waals surface area contributed by atoms with Crippen molar-refractivity contribution >= 4 is 35.0 Å². The fourth-order valence-electron chi connectivity index (χ4n) is 3.73. The Labute approximate surface area is 191 Å². The number of ether oxygens (including phenoxy) is 1. The third-order valence-electron chi connectivity index (χ3n) is 5.29. The number of fused-ring (bicyclic) bond motifs is 1. The van der Waals surface area contributed by atoms with Crippen molar-refractivity contribution in [1.29, 1.82) is 0 Å². The van der Waals surface area contributed by atoms with E-state index in [-0.39, 0.29) is 24.0 Å². The number of nitrogens with one attached hydrogen (secondary N) is 1. The molecular weight excluding hydrogens is 426 g/mol. The largest absolute Gasteiger partial charge is 0.497 e. The molecule has 8 nitrogen and oxygen atoms in total. The minimum absolute atomic E-state index is 0.0444. The number of amides is 2. The number of rotatable bonds is 8. The molecule has 32 heavy (non-hydrogen) atoms. The van der Waals surface area contributed by atoms with Gasteiger partial charge >= 0.3 is 0 Å². The van der Waals surface area contributed by atoms with E-state index in [1.165, 1.54) is 17.3 Å². The first-order valence-corrected chi connectivity index (χ1v) is 11.4. The van der Waals surface area contributed by atoms with Crippen LogP contribution in [0.25, 0.3) is 0 Å². The standard InChI is InChI=1S/C23H25N5O3S/c1-3-27-20(14-21(29)24-17-8-6-9-18(13-17)31-2)25-26-23(27)32-15-22(30)28-12-11-16-7-4-5-10-19(16)28/h4-10,13H,3,11-12,14-15H2,1-2H3,(H,24,29). The summed E-state index contributed by atoms with van der Waals surface area (Å²) in [6.07, 6.45) is 0.969. The summed E-state index contributed by atoms with van der Waals surface area (Å²) in [6, 6.07) is 15.2. The highest BCUT2D eigenvalue weighted by Gasteiger charge is 2.25. The van der Waals surface area contributed by atoms with E-state index in [1.807, 2.05) is 46.7 Å². The van der Waals surface area contributed by atoms with Gasteiger partial charge in [-0.3, -0.25) is 9.59 Å². The first-order chi connectivity index (χ1) is 15.6. The van der Waals surface area contributed by atoms with Crippen molar-refractivity contribution in [2.45, 2.75) is 31.5 Å². The average Bonchev–Trinajstić information content (AvgIpc) is 3.41. The minimum atomic E-state index is -0.193. The summed E-state index contributed by atoms with van der Waals surface area (Å²) in [5, 5.41) is 11.9. The van der Waals surface area contributed by atoms with Gasteiger partial charge in [0.25, 0.3) is 0 Å². The molecular formula is C23H25N5O3S. The lowest BCUT2D eigenvalue weighted by atomic mass is 10.2. The van der Waals surface area contributed by atoms with Crippen LogP contribution in [0.3, 0.4) is 0 Å². The van der Waals surface area contributed by atoms with E-state index in [2.05, 4.69) is 21.6 Å². The fourth-order valence-corrected chi connectivity index (χ4v) is 4.62. The second-order valence-corrected chi connectivity index (χ2v) is 8.26. The molecule has 166 valence electrons. The molecule has 0 saturated carbocycles. The number of para-hydroxylation sites is 1. The molecule has 0 saturated heterocycles. The molecule has 1 N–H and O–H groups in total. The highest BCUT2D eigenvalue weighted by Crippen LogP contribution is 2.29. The van der Waals surface area contributed by atoms with Crippen molar-refractivity contribution < 1.29 is 14.3 Å². The summed E-state index contributed by atoms with van der Waals surface area (Å²) in [4.78, 5) is 27.1. The van der Waals surface area contributed by atoms with Crippen molar-refractivity contribution in [3.05, 3.63) is 59.9 Å². The topological polar surface area (TPSA) is 89.4 Å². The fraction of sp³-hybridized carbons (Fsp3) is 0.304. The molecule has 1 aliphatic heterocycles. The molecule has 0 bridgehead atoms. The molecule has 3 aromatic rings. The maximum absolute atomic E-state index is 12.8. The SMILES string of the molecule is CCn1c(CC(=O)Nc2cccc(OC)c2)nnc1SCC(=O)N1CCc2ccccc21. The second kappa shape index (κ2) is 9.86. The summed E-state index contributed by atoms with van der Waals surface area (Å²) in [5.74, 6) is 1.35. The normalized spacial score (nSPS) is 12.5. The molecule has 1 aromatic heterocycles. The number of nitrogens with zero attached hydrogens (tertiary/aromatic N) is 4. The zero-order valence-electron chi connectivity index (χ0n) is 18.1. The van der Waals surface area contributed by atoms with Crippen LogP contribution in [0.4, 0.5) is 11.4 Å². The number of thioether (sulfide) groups is 1. The van der Waals surface area contributed by atoms with Gasteiger partial charge in [0.05, 0.1) is 19.3 Å². The van der Waals surface area contributed by atoms with Crippen molar-refractivity contribution in [2.24, 2.45) is 0 Å². The summed E-state index contributed by atoms with van der Waals surface area (Å²) in [5.41, 5.74) is 2.85. The van der Waals surface area contributed by atoms with Gasteiger partial charge in [0, 0.05) is 30.5 Å². The number of methoxy groups -OCH3 is 1. The van der Waals surface area contributed by atoms with Crippen LogP contribution < -0.4 is 15.0 Å². The Balaban J connectivity index is 1.37. The van der Waals surface area contributed by atoms with Crippen LogP contribution in [-0.4, -0.2) is 46.0 Å². The predicted octanol–water partition coefficient (Wildman–Crippen LogP) is 3.17. The quantitative estimate of drug-likeness (QED) is 0.529. The van der Waals surface area contributed by atoms with Gasteiger partial charge < -0.3 is 19.5 Å². The molecule has 0 radical (unpaired) electrons. The molecule has 2 amide bonds. The molecule has 0 unspecified atom stereocenters. The number of anilines is 2. The van der Waals surface area contributed by atoms with E-state index in [1.54, 1.807) is 19.2 Å². The van der Waals surface area contributed by atoms with Gasteiger partial charge in [0.15, 0.2) is 5.16 Å². The van der Waals surface area contributed by atoms with Crippen molar-refractivity contribution in [3.8, 4) is 5.75 Å². The van der Waals surface area contributed by atoms with Gasteiger partial charge in [0.2, 0.25) is 11.8 Å². The van der Waals surface area contributed by atoms with Crippen LogP contribution in [0.1, 0.15) is 18.3 Å². The van der Waals surface area contributed by atoms with Crippen LogP contribution in [0.2, 0.25) is 0 Å². The highest BCUT2D eigenvalue weighted by molar-refractivity contribution is 7.99. The Morgan fingerprint density at radius 3 is 2.81 bits per heavy atom. The molecule has 0 spiro atoms. The van der Waals surface area contributed by atoms with Gasteiger partial charge in [-0.2, -0.15) is 0 Å². The lowest BCUT2D eigenvalue weighted by Crippen LogP contribution is -2.30. The third kappa shape index (κ3) is 4.77. The van der Waals surface area contributed by atoms with E-state index < -0.39 is 0 Å². The van der Waals surface area contributed by atoms with Gasteiger partial charge in [-0.1, -0.05) is 36.0 Å². The van der Waals surface area contributed by atoms with E-state index in [9.17, 15) is 9.59 Å². The lowest BCUT2D eigenvalue weighted by Gasteiger charge is -2.17. The van der Waals surface area contributed by atoms with E-state index >= 15 is 0 Å². The molecule has 1 aliphatic rings. The molecule has 0 fully saturated rings. The summed E-state index contributed by atoms with van der Waals surface area (Å²) in [7, 11) is 1.58. The number of aromatic nitrogens is 3. The monoisotopic (exact) mass is 451 g/mol. The first-order valence-electron chi connectivity index (χ1n) is 10.5. The Kier molecular flexibility index (Phi) is 6.75. The Morgan fingerprint density at radius 2 is 2.00 bits per heavy atom. The third-order valence-corrected chi connectivity index (χ3v) is 6.25. The smallest absolute Gasteiger partial charge is 0.237 e. The molecule has 2 aromatic carbocycles. The van der Waals surface area contributed by atoms with Crippen molar-refractivity contribution in [3.63, 3.8) is 0 Å². The van der Waals surface area contributed by atoms with Crippen LogP contribution >= 0.6 is 11.8 Å². The van der Waals surface area contributed by atoms with Gasteiger partial charge in [0.1, 0.15) is 11.6 Å².